The average molecular weight is 225 g/mol. The zero-order valence-electron chi connectivity index (χ0n) is 10.0. The summed E-state index contributed by atoms with van der Waals surface area (Å²) in [6.45, 7) is 5.90. The van der Waals surface area contributed by atoms with Crippen LogP contribution < -0.4 is 10.1 Å². The van der Waals surface area contributed by atoms with Crippen LogP contribution in [0.4, 0.5) is 4.39 Å². The molecule has 1 unspecified atom stereocenters. The van der Waals surface area contributed by atoms with Gasteiger partial charge in [0.1, 0.15) is 18.2 Å². The lowest BCUT2D eigenvalue weighted by molar-refractivity contribution is 0.260. The molecule has 0 radical (unpaired) electrons. The normalized spacial score (nSPS) is 12.4. The largest absolute Gasteiger partial charge is 0.492 e. The Morgan fingerprint density at radius 3 is 2.50 bits per heavy atom. The van der Waals surface area contributed by atoms with Gasteiger partial charge in [-0.25, -0.2) is 4.39 Å². The highest BCUT2D eigenvalue weighted by atomic mass is 19.1. The van der Waals surface area contributed by atoms with Gasteiger partial charge in [-0.15, -0.1) is 0 Å². The second kappa shape index (κ2) is 7.23. The number of benzene rings is 1. The molecule has 16 heavy (non-hydrogen) atoms. The first-order valence-electron chi connectivity index (χ1n) is 5.88. The lowest BCUT2D eigenvalue weighted by atomic mass is 10.2. The van der Waals surface area contributed by atoms with Crippen molar-refractivity contribution < 1.29 is 9.13 Å². The molecule has 0 saturated carbocycles. The molecular weight excluding hydrogens is 205 g/mol. The van der Waals surface area contributed by atoms with Crippen molar-refractivity contribution in [3.05, 3.63) is 30.1 Å². The van der Waals surface area contributed by atoms with Gasteiger partial charge in [-0.1, -0.05) is 13.8 Å². The van der Waals surface area contributed by atoms with Gasteiger partial charge in [0.15, 0.2) is 0 Å². The summed E-state index contributed by atoms with van der Waals surface area (Å²) in [4.78, 5) is 0. The Morgan fingerprint density at radius 2 is 1.94 bits per heavy atom. The molecule has 0 aliphatic carbocycles. The second-order valence-corrected chi connectivity index (χ2v) is 3.82. The minimum Gasteiger partial charge on any atom is -0.492 e. The van der Waals surface area contributed by atoms with E-state index in [0.29, 0.717) is 12.6 Å². The lowest BCUT2D eigenvalue weighted by Gasteiger charge is -2.17. The van der Waals surface area contributed by atoms with E-state index in [1.165, 1.54) is 12.1 Å². The maximum atomic E-state index is 12.7. The molecule has 1 rings (SSSR count). The van der Waals surface area contributed by atoms with Gasteiger partial charge in [-0.2, -0.15) is 0 Å². The molecule has 0 bridgehead atoms. The molecule has 0 amide bonds. The van der Waals surface area contributed by atoms with Crippen molar-refractivity contribution in [2.75, 3.05) is 13.2 Å². The third-order valence-corrected chi connectivity index (χ3v) is 2.44. The topological polar surface area (TPSA) is 21.3 Å². The van der Waals surface area contributed by atoms with Crippen molar-refractivity contribution in [2.24, 2.45) is 0 Å². The fourth-order valence-electron chi connectivity index (χ4n) is 1.40. The Hall–Kier alpha value is -1.09. The minimum absolute atomic E-state index is 0.233. The molecule has 0 aromatic heterocycles. The van der Waals surface area contributed by atoms with Crippen molar-refractivity contribution in [3.8, 4) is 5.75 Å². The smallest absolute Gasteiger partial charge is 0.123 e. The zero-order valence-corrected chi connectivity index (χ0v) is 10.0. The second-order valence-electron chi connectivity index (χ2n) is 3.82. The minimum atomic E-state index is -0.233. The van der Waals surface area contributed by atoms with Crippen molar-refractivity contribution >= 4 is 0 Å². The SMILES string of the molecule is CCCNC(CC)COc1ccc(F)cc1. The van der Waals surface area contributed by atoms with Crippen LogP contribution in [0.1, 0.15) is 26.7 Å². The van der Waals surface area contributed by atoms with E-state index in [1.54, 1.807) is 12.1 Å². The van der Waals surface area contributed by atoms with Gasteiger partial charge < -0.3 is 10.1 Å². The maximum absolute atomic E-state index is 12.7. The van der Waals surface area contributed by atoms with Crippen molar-refractivity contribution in [2.45, 2.75) is 32.7 Å². The van der Waals surface area contributed by atoms with E-state index in [4.69, 9.17) is 4.74 Å². The van der Waals surface area contributed by atoms with Gasteiger partial charge in [-0.3, -0.25) is 0 Å². The van der Waals surface area contributed by atoms with E-state index in [2.05, 4.69) is 19.2 Å². The number of rotatable bonds is 7. The van der Waals surface area contributed by atoms with Gasteiger partial charge in [0.2, 0.25) is 0 Å². The molecule has 0 heterocycles. The van der Waals surface area contributed by atoms with Crippen molar-refractivity contribution in [1.29, 1.82) is 0 Å². The highest BCUT2D eigenvalue weighted by Crippen LogP contribution is 2.11. The third kappa shape index (κ3) is 4.62. The lowest BCUT2D eigenvalue weighted by Crippen LogP contribution is -2.34. The predicted molar refractivity (Wildman–Crippen MR) is 64.3 cm³/mol. The van der Waals surface area contributed by atoms with Gasteiger partial charge in [0, 0.05) is 6.04 Å². The molecule has 90 valence electrons. The average Bonchev–Trinajstić information content (AvgIpc) is 2.32. The standard InChI is InChI=1S/C13H20FNO/c1-3-9-15-12(4-2)10-16-13-7-5-11(14)6-8-13/h5-8,12,15H,3-4,9-10H2,1-2H3. The van der Waals surface area contributed by atoms with Gasteiger partial charge in [-0.05, 0) is 43.7 Å². The summed E-state index contributed by atoms with van der Waals surface area (Å²) in [7, 11) is 0. The molecule has 2 nitrogen and oxygen atoms in total. The highest BCUT2D eigenvalue weighted by Gasteiger charge is 2.05. The van der Waals surface area contributed by atoms with Gasteiger partial charge in [0.05, 0.1) is 0 Å². The number of hydrogen-bond acceptors (Lipinski definition) is 2. The van der Waals surface area contributed by atoms with Crippen LogP contribution in [0.25, 0.3) is 0 Å². The number of nitrogens with one attached hydrogen (secondary N) is 1. The van der Waals surface area contributed by atoms with Crippen LogP contribution in [0.5, 0.6) is 5.75 Å². The summed E-state index contributed by atoms with van der Waals surface area (Å²) in [5, 5.41) is 3.40. The molecule has 0 aliphatic rings. The molecule has 0 spiro atoms. The van der Waals surface area contributed by atoms with Crippen molar-refractivity contribution in [3.63, 3.8) is 0 Å². The van der Waals surface area contributed by atoms with Crippen LogP contribution >= 0.6 is 0 Å². The fraction of sp³-hybridized carbons (Fsp3) is 0.538. The number of ether oxygens (including phenoxy) is 1. The van der Waals surface area contributed by atoms with Gasteiger partial charge in [0.25, 0.3) is 0 Å². The Bertz CT molecular complexity index is 286. The van der Waals surface area contributed by atoms with E-state index in [9.17, 15) is 4.39 Å². The van der Waals surface area contributed by atoms with Crippen molar-refractivity contribution in [1.82, 2.24) is 5.32 Å². The zero-order chi connectivity index (χ0) is 11.8. The molecule has 0 aliphatic heterocycles. The Morgan fingerprint density at radius 1 is 1.25 bits per heavy atom. The summed E-state index contributed by atoms with van der Waals surface area (Å²) in [5.74, 6) is 0.488. The van der Waals surface area contributed by atoms with E-state index in [0.717, 1.165) is 25.1 Å². The van der Waals surface area contributed by atoms with E-state index in [-0.39, 0.29) is 5.82 Å². The first-order chi connectivity index (χ1) is 7.76. The van der Waals surface area contributed by atoms with Crippen LogP contribution in [-0.2, 0) is 0 Å². The van der Waals surface area contributed by atoms with E-state index in [1.807, 2.05) is 0 Å². The summed E-state index contributed by atoms with van der Waals surface area (Å²) >= 11 is 0. The van der Waals surface area contributed by atoms with Crippen LogP contribution in [0.2, 0.25) is 0 Å². The van der Waals surface area contributed by atoms with E-state index < -0.39 is 0 Å². The molecule has 3 heteroatoms. The quantitative estimate of drug-likeness (QED) is 0.770. The molecule has 1 N–H and O–H groups in total. The van der Waals surface area contributed by atoms with Crippen LogP contribution in [0.3, 0.4) is 0 Å². The number of halogens is 1. The summed E-state index contributed by atoms with van der Waals surface area (Å²) in [5.41, 5.74) is 0. The Balaban J connectivity index is 2.34. The first kappa shape index (κ1) is 13.0. The van der Waals surface area contributed by atoms with Gasteiger partial charge >= 0.3 is 0 Å². The van der Waals surface area contributed by atoms with Crippen LogP contribution in [0, 0.1) is 5.82 Å². The highest BCUT2D eigenvalue weighted by molar-refractivity contribution is 5.22. The predicted octanol–water partition coefficient (Wildman–Crippen LogP) is 2.98. The summed E-state index contributed by atoms with van der Waals surface area (Å²) in [6, 6.07) is 6.50. The Kier molecular flexibility index (Phi) is 5.86. The van der Waals surface area contributed by atoms with Crippen LogP contribution in [-0.4, -0.2) is 19.2 Å². The molecule has 1 aromatic carbocycles. The molecule has 1 atom stereocenters. The first-order valence-corrected chi connectivity index (χ1v) is 5.88. The fourth-order valence-corrected chi connectivity index (χ4v) is 1.40. The molecule has 1 aromatic rings. The maximum Gasteiger partial charge on any atom is 0.123 e. The Labute approximate surface area is 96.8 Å². The molecule has 0 fully saturated rings. The van der Waals surface area contributed by atoms with E-state index >= 15 is 0 Å². The number of hydrogen-bond donors (Lipinski definition) is 1. The monoisotopic (exact) mass is 225 g/mol. The molecular formula is C13H20FNO. The summed E-state index contributed by atoms with van der Waals surface area (Å²) in [6.07, 6.45) is 2.15. The third-order valence-electron chi connectivity index (χ3n) is 2.44. The molecule has 0 saturated heterocycles. The summed E-state index contributed by atoms with van der Waals surface area (Å²) < 4.78 is 18.2. The van der Waals surface area contributed by atoms with Crippen LogP contribution in [0.15, 0.2) is 24.3 Å².